The molecule has 0 spiro atoms. The molecule has 0 aliphatic carbocycles. The zero-order valence-electron chi connectivity index (χ0n) is 10.2. The summed E-state index contributed by atoms with van der Waals surface area (Å²) in [6.07, 6.45) is 1.66. The van der Waals surface area contributed by atoms with E-state index in [-0.39, 0.29) is 12.5 Å². The summed E-state index contributed by atoms with van der Waals surface area (Å²) < 4.78 is 1.57. The lowest BCUT2D eigenvalue weighted by Crippen LogP contribution is -2.32. The molecule has 0 unspecified atom stereocenters. The quantitative estimate of drug-likeness (QED) is 0.906. The average molecular weight is 268 g/mol. The number of aromatic nitrogens is 3. The standard InChI is InChI=1S/C11H14ClN5O/c1-3-16(2)10(18)6-13-11-14-9-5-4-8(12)7-17(9)15-11/h4-5,7H,3,6H2,1-2H3,(H,13,15). The number of nitrogens with zero attached hydrogens (tertiary/aromatic N) is 4. The Morgan fingerprint density at radius 3 is 3.06 bits per heavy atom. The van der Waals surface area contributed by atoms with Gasteiger partial charge in [-0.1, -0.05) is 11.6 Å². The number of carbonyl (C=O) groups is 1. The topological polar surface area (TPSA) is 62.5 Å². The number of fused-ring (bicyclic) bond motifs is 1. The number of anilines is 1. The van der Waals surface area contributed by atoms with Crippen LogP contribution >= 0.6 is 11.6 Å². The van der Waals surface area contributed by atoms with Crippen LogP contribution in [0, 0.1) is 0 Å². The first kappa shape index (κ1) is 12.6. The smallest absolute Gasteiger partial charge is 0.243 e. The van der Waals surface area contributed by atoms with E-state index >= 15 is 0 Å². The van der Waals surface area contributed by atoms with Gasteiger partial charge in [-0.2, -0.15) is 4.98 Å². The largest absolute Gasteiger partial charge is 0.345 e. The van der Waals surface area contributed by atoms with Crippen molar-refractivity contribution in [1.82, 2.24) is 19.5 Å². The molecule has 2 heterocycles. The van der Waals surface area contributed by atoms with Crippen molar-refractivity contribution in [3.8, 4) is 0 Å². The highest BCUT2D eigenvalue weighted by atomic mass is 35.5. The highest BCUT2D eigenvalue weighted by Crippen LogP contribution is 2.11. The highest BCUT2D eigenvalue weighted by molar-refractivity contribution is 6.30. The van der Waals surface area contributed by atoms with Crippen LogP contribution in [0.15, 0.2) is 18.3 Å². The van der Waals surface area contributed by atoms with E-state index < -0.39 is 0 Å². The third kappa shape index (κ3) is 2.70. The van der Waals surface area contributed by atoms with Gasteiger partial charge in [0.25, 0.3) is 0 Å². The third-order valence-electron chi connectivity index (χ3n) is 2.59. The van der Waals surface area contributed by atoms with E-state index in [4.69, 9.17) is 11.6 Å². The second-order valence-corrected chi connectivity index (χ2v) is 4.28. The Morgan fingerprint density at radius 2 is 2.33 bits per heavy atom. The Balaban J connectivity index is 2.06. The minimum absolute atomic E-state index is 0.00520. The predicted molar refractivity (Wildman–Crippen MR) is 69.8 cm³/mol. The van der Waals surface area contributed by atoms with Crippen LogP contribution in [0.3, 0.4) is 0 Å². The molecule has 2 aromatic rings. The van der Waals surface area contributed by atoms with Gasteiger partial charge in [0.2, 0.25) is 11.9 Å². The van der Waals surface area contributed by atoms with Gasteiger partial charge in [-0.15, -0.1) is 5.10 Å². The zero-order chi connectivity index (χ0) is 13.1. The lowest BCUT2D eigenvalue weighted by molar-refractivity contribution is -0.127. The van der Waals surface area contributed by atoms with Gasteiger partial charge in [-0.05, 0) is 19.1 Å². The van der Waals surface area contributed by atoms with Crippen molar-refractivity contribution in [3.63, 3.8) is 0 Å². The van der Waals surface area contributed by atoms with Crippen molar-refractivity contribution in [3.05, 3.63) is 23.4 Å². The Kier molecular flexibility index (Phi) is 3.66. The van der Waals surface area contributed by atoms with Gasteiger partial charge < -0.3 is 10.2 Å². The van der Waals surface area contributed by atoms with Crippen molar-refractivity contribution >= 4 is 29.1 Å². The van der Waals surface area contributed by atoms with Crippen LogP contribution in [-0.4, -0.2) is 45.5 Å². The summed E-state index contributed by atoms with van der Waals surface area (Å²) in [6.45, 7) is 2.77. The molecule has 2 rings (SSSR count). The molecule has 96 valence electrons. The Hall–Kier alpha value is -1.82. The van der Waals surface area contributed by atoms with E-state index in [1.54, 1.807) is 34.8 Å². The molecule has 0 aromatic carbocycles. The monoisotopic (exact) mass is 267 g/mol. The summed E-state index contributed by atoms with van der Waals surface area (Å²) in [5, 5.41) is 7.65. The molecule has 0 saturated heterocycles. The van der Waals surface area contributed by atoms with Crippen LogP contribution in [0.1, 0.15) is 6.92 Å². The number of hydrogen-bond acceptors (Lipinski definition) is 4. The van der Waals surface area contributed by atoms with Gasteiger partial charge in [0.1, 0.15) is 0 Å². The maximum atomic E-state index is 11.6. The Bertz CT molecular complexity index is 568. The molecule has 18 heavy (non-hydrogen) atoms. The Labute approximate surface area is 110 Å². The molecule has 1 amide bonds. The van der Waals surface area contributed by atoms with Crippen LogP contribution in [0.2, 0.25) is 5.02 Å². The molecule has 0 aliphatic rings. The molecule has 7 heteroatoms. The normalized spacial score (nSPS) is 10.6. The minimum Gasteiger partial charge on any atom is -0.345 e. The van der Waals surface area contributed by atoms with Crippen LogP contribution < -0.4 is 5.32 Å². The molecule has 0 radical (unpaired) electrons. The number of hydrogen-bond donors (Lipinski definition) is 1. The number of halogens is 1. The second-order valence-electron chi connectivity index (χ2n) is 3.85. The van der Waals surface area contributed by atoms with Gasteiger partial charge in [0, 0.05) is 19.8 Å². The van der Waals surface area contributed by atoms with E-state index in [9.17, 15) is 4.79 Å². The summed E-state index contributed by atoms with van der Waals surface area (Å²) >= 11 is 5.85. The number of pyridine rings is 1. The van der Waals surface area contributed by atoms with Gasteiger partial charge in [0.05, 0.1) is 11.6 Å². The van der Waals surface area contributed by atoms with Gasteiger partial charge in [-0.3, -0.25) is 4.79 Å². The molecule has 2 aromatic heterocycles. The van der Waals surface area contributed by atoms with Crippen molar-refractivity contribution in [2.45, 2.75) is 6.92 Å². The maximum Gasteiger partial charge on any atom is 0.243 e. The molecule has 0 atom stereocenters. The molecule has 0 saturated carbocycles. The summed E-state index contributed by atoms with van der Waals surface area (Å²) in [5.41, 5.74) is 0.679. The average Bonchev–Trinajstić information content (AvgIpc) is 2.76. The first-order valence-corrected chi connectivity index (χ1v) is 5.97. The third-order valence-corrected chi connectivity index (χ3v) is 2.82. The second kappa shape index (κ2) is 5.22. The van der Waals surface area contributed by atoms with Crippen molar-refractivity contribution in [2.24, 2.45) is 0 Å². The van der Waals surface area contributed by atoms with Crippen LogP contribution in [0.4, 0.5) is 5.95 Å². The molecule has 1 N–H and O–H groups in total. The lowest BCUT2D eigenvalue weighted by atomic mass is 10.5. The molecular weight excluding hydrogens is 254 g/mol. The van der Waals surface area contributed by atoms with E-state index in [2.05, 4.69) is 15.4 Å². The van der Waals surface area contributed by atoms with E-state index in [1.807, 2.05) is 6.92 Å². The van der Waals surface area contributed by atoms with E-state index in [0.29, 0.717) is 23.2 Å². The molecule has 0 fully saturated rings. The molecule has 0 bridgehead atoms. The minimum atomic E-state index is -0.00520. The number of rotatable bonds is 4. The molecule has 0 aliphatic heterocycles. The number of likely N-dealkylation sites (N-methyl/N-ethyl adjacent to an activating group) is 1. The maximum absolute atomic E-state index is 11.6. The van der Waals surface area contributed by atoms with Crippen molar-refractivity contribution in [1.29, 1.82) is 0 Å². The van der Waals surface area contributed by atoms with Gasteiger partial charge in [0.15, 0.2) is 5.65 Å². The number of nitrogens with one attached hydrogen (secondary N) is 1. The molecule has 6 nitrogen and oxygen atoms in total. The molecular formula is C11H14ClN5O. The fourth-order valence-electron chi connectivity index (χ4n) is 1.40. The fraction of sp³-hybridized carbons (Fsp3) is 0.364. The highest BCUT2D eigenvalue weighted by Gasteiger charge is 2.08. The summed E-state index contributed by atoms with van der Waals surface area (Å²) in [6, 6.07) is 3.51. The fourth-order valence-corrected chi connectivity index (χ4v) is 1.55. The van der Waals surface area contributed by atoms with Crippen LogP contribution in [-0.2, 0) is 4.79 Å². The van der Waals surface area contributed by atoms with Crippen molar-refractivity contribution in [2.75, 3.05) is 25.5 Å². The summed E-state index contributed by atoms with van der Waals surface area (Å²) in [7, 11) is 1.75. The van der Waals surface area contributed by atoms with Gasteiger partial charge >= 0.3 is 0 Å². The van der Waals surface area contributed by atoms with Crippen LogP contribution in [0.25, 0.3) is 5.65 Å². The summed E-state index contributed by atoms with van der Waals surface area (Å²) in [4.78, 5) is 17.4. The Morgan fingerprint density at radius 1 is 1.56 bits per heavy atom. The number of amides is 1. The summed E-state index contributed by atoms with van der Waals surface area (Å²) in [5.74, 6) is 0.407. The lowest BCUT2D eigenvalue weighted by Gasteiger charge is -2.13. The van der Waals surface area contributed by atoms with Crippen LogP contribution in [0.5, 0.6) is 0 Å². The zero-order valence-corrected chi connectivity index (χ0v) is 11.0. The van der Waals surface area contributed by atoms with Gasteiger partial charge in [-0.25, -0.2) is 4.52 Å². The SMILES string of the molecule is CCN(C)C(=O)CNc1nc2ccc(Cl)cn2n1. The predicted octanol–water partition coefficient (Wildman–Crippen LogP) is 1.27. The van der Waals surface area contributed by atoms with Crippen molar-refractivity contribution < 1.29 is 4.79 Å². The van der Waals surface area contributed by atoms with E-state index in [0.717, 1.165) is 0 Å². The van der Waals surface area contributed by atoms with E-state index in [1.165, 1.54) is 0 Å². The first-order valence-electron chi connectivity index (χ1n) is 5.60. The number of carbonyl (C=O) groups excluding carboxylic acids is 1. The first-order chi connectivity index (χ1) is 8.60.